The first-order chi connectivity index (χ1) is 15.0. The van der Waals surface area contributed by atoms with Gasteiger partial charge in [0.05, 0.1) is 20.8 Å². The first-order valence-corrected chi connectivity index (χ1v) is 10.7. The van der Waals surface area contributed by atoms with Crippen LogP contribution < -0.4 is 19.7 Å². The van der Waals surface area contributed by atoms with Crippen LogP contribution in [0.1, 0.15) is 24.0 Å². The van der Waals surface area contributed by atoms with Gasteiger partial charge in [-0.2, -0.15) is 0 Å². The van der Waals surface area contributed by atoms with Gasteiger partial charge < -0.3 is 14.8 Å². The normalized spacial score (nSPS) is 10.4. The average molecular weight is 440 g/mol. The number of benzene rings is 2. The molecule has 0 bridgehead atoms. The van der Waals surface area contributed by atoms with Crippen LogP contribution in [0.15, 0.2) is 54.0 Å². The zero-order chi connectivity index (χ0) is 22.2. The van der Waals surface area contributed by atoms with Crippen molar-refractivity contribution in [1.29, 1.82) is 0 Å². The van der Waals surface area contributed by atoms with E-state index in [1.165, 1.54) is 11.3 Å². The lowest BCUT2D eigenvalue weighted by atomic mass is 10.1. The smallest absolute Gasteiger partial charge is 0.229 e. The summed E-state index contributed by atoms with van der Waals surface area (Å²) in [7, 11) is 3.14. The number of ether oxygens (including phenoxy) is 2. The molecule has 0 saturated heterocycles. The number of methoxy groups -OCH3 is 2. The third-order valence-electron chi connectivity index (χ3n) is 4.61. The van der Waals surface area contributed by atoms with Gasteiger partial charge in [-0.1, -0.05) is 18.2 Å². The van der Waals surface area contributed by atoms with Crippen LogP contribution in [0.4, 0.5) is 10.8 Å². The second-order valence-electron chi connectivity index (χ2n) is 6.90. The van der Waals surface area contributed by atoms with E-state index in [1.54, 1.807) is 31.4 Å². The van der Waals surface area contributed by atoms with Crippen molar-refractivity contribution >= 4 is 34.0 Å². The van der Waals surface area contributed by atoms with E-state index in [1.807, 2.05) is 48.7 Å². The Kier molecular flexibility index (Phi) is 7.61. The Labute approximate surface area is 185 Å². The Morgan fingerprint density at radius 3 is 2.55 bits per heavy atom. The lowest BCUT2D eigenvalue weighted by Crippen LogP contribution is -2.31. The summed E-state index contributed by atoms with van der Waals surface area (Å²) in [4.78, 5) is 31.2. The maximum Gasteiger partial charge on any atom is 0.229 e. The second-order valence-corrected chi connectivity index (χ2v) is 7.77. The van der Waals surface area contributed by atoms with Crippen LogP contribution in [0.5, 0.6) is 11.5 Å². The summed E-state index contributed by atoms with van der Waals surface area (Å²) >= 11 is 1.37. The van der Waals surface area contributed by atoms with Crippen LogP contribution in [-0.4, -0.2) is 31.0 Å². The number of nitrogens with zero attached hydrogens (tertiary/aromatic N) is 2. The fraction of sp³-hybridized carbons (Fsp3) is 0.261. The van der Waals surface area contributed by atoms with Crippen molar-refractivity contribution < 1.29 is 19.1 Å². The van der Waals surface area contributed by atoms with Crippen molar-refractivity contribution in [3.8, 4) is 11.5 Å². The molecule has 0 spiro atoms. The monoisotopic (exact) mass is 439 g/mol. The first-order valence-electron chi connectivity index (χ1n) is 9.77. The summed E-state index contributed by atoms with van der Waals surface area (Å²) in [6.45, 7) is 2.27. The van der Waals surface area contributed by atoms with Gasteiger partial charge in [0.15, 0.2) is 16.6 Å². The quantitative estimate of drug-likeness (QED) is 0.534. The molecule has 1 heterocycles. The van der Waals surface area contributed by atoms with Gasteiger partial charge in [-0.25, -0.2) is 4.98 Å². The lowest BCUT2D eigenvalue weighted by Gasteiger charge is -2.21. The number of amides is 2. The van der Waals surface area contributed by atoms with E-state index in [4.69, 9.17) is 9.47 Å². The number of rotatable bonds is 9. The molecule has 0 atom stereocenters. The summed E-state index contributed by atoms with van der Waals surface area (Å²) in [6, 6.07) is 13.1. The van der Waals surface area contributed by atoms with Crippen LogP contribution in [0, 0.1) is 6.92 Å². The minimum Gasteiger partial charge on any atom is -0.493 e. The molecule has 7 nitrogen and oxygen atoms in total. The van der Waals surface area contributed by atoms with Gasteiger partial charge in [0.25, 0.3) is 0 Å². The number of nitrogens with one attached hydrogen (secondary N) is 1. The largest absolute Gasteiger partial charge is 0.493 e. The summed E-state index contributed by atoms with van der Waals surface area (Å²) in [5.74, 6) is 0.823. The van der Waals surface area contributed by atoms with Crippen LogP contribution in [0.2, 0.25) is 0 Å². The van der Waals surface area contributed by atoms with Gasteiger partial charge in [0.2, 0.25) is 11.8 Å². The van der Waals surface area contributed by atoms with Crippen LogP contribution in [0.25, 0.3) is 0 Å². The second kappa shape index (κ2) is 10.6. The number of anilines is 2. The molecule has 162 valence electrons. The molecule has 0 fully saturated rings. The van der Waals surface area contributed by atoms with E-state index in [9.17, 15) is 9.59 Å². The van der Waals surface area contributed by atoms with Crippen molar-refractivity contribution in [2.45, 2.75) is 26.3 Å². The molecular weight excluding hydrogens is 414 g/mol. The molecule has 2 amide bonds. The zero-order valence-electron chi connectivity index (χ0n) is 17.8. The number of aryl methyl sites for hydroxylation is 1. The molecule has 0 aliphatic carbocycles. The van der Waals surface area contributed by atoms with Crippen LogP contribution in [-0.2, 0) is 16.1 Å². The highest BCUT2D eigenvalue weighted by Gasteiger charge is 2.20. The van der Waals surface area contributed by atoms with E-state index in [0.29, 0.717) is 23.2 Å². The number of aromatic nitrogens is 1. The van der Waals surface area contributed by atoms with Gasteiger partial charge in [-0.15, -0.1) is 11.3 Å². The van der Waals surface area contributed by atoms with Gasteiger partial charge >= 0.3 is 0 Å². The minimum atomic E-state index is -0.204. The molecule has 3 aromatic rings. The fourth-order valence-electron chi connectivity index (χ4n) is 3.07. The maximum atomic E-state index is 13.0. The third kappa shape index (κ3) is 6.05. The van der Waals surface area contributed by atoms with Crippen molar-refractivity contribution in [3.63, 3.8) is 0 Å². The third-order valence-corrected chi connectivity index (χ3v) is 5.40. The predicted molar refractivity (Wildman–Crippen MR) is 122 cm³/mol. The van der Waals surface area contributed by atoms with Gasteiger partial charge in [-0.3, -0.25) is 14.5 Å². The minimum absolute atomic E-state index is 0.0739. The molecule has 0 saturated carbocycles. The molecule has 0 unspecified atom stereocenters. The molecule has 2 aromatic carbocycles. The van der Waals surface area contributed by atoms with Crippen molar-refractivity contribution in [2.24, 2.45) is 0 Å². The predicted octanol–water partition coefficient (Wildman–Crippen LogP) is 4.42. The van der Waals surface area contributed by atoms with Crippen molar-refractivity contribution in [2.75, 3.05) is 24.4 Å². The van der Waals surface area contributed by atoms with Gasteiger partial charge in [0, 0.05) is 30.1 Å². The zero-order valence-corrected chi connectivity index (χ0v) is 18.6. The molecule has 8 heteroatoms. The summed E-state index contributed by atoms with van der Waals surface area (Å²) in [5, 5.41) is 5.23. The molecule has 0 aliphatic rings. The Morgan fingerprint density at radius 1 is 1.06 bits per heavy atom. The number of hydrogen-bond donors (Lipinski definition) is 1. The van der Waals surface area contributed by atoms with Crippen LogP contribution in [0.3, 0.4) is 0 Å². The van der Waals surface area contributed by atoms with E-state index in [-0.39, 0.29) is 24.7 Å². The van der Waals surface area contributed by atoms with Crippen molar-refractivity contribution in [1.82, 2.24) is 4.98 Å². The highest BCUT2D eigenvalue weighted by molar-refractivity contribution is 7.13. The lowest BCUT2D eigenvalue weighted by molar-refractivity contribution is -0.122. The Balaban J connectivity index is 1.68. The first kappa shape index (κ1) is 22.3. The highest BCUT2D eigenvalue weighted by atomic mass is 32.1. The van der Waals surface area contributed by atoms with Crippen molar-refractivity contribution in [3.05, 3.63) is 65.2 Å². The Bertz CT molecular complexity index is 1040. The summed E-state index contributed by atoms with van der Waals surface area (Å²) in [6.07, 6.45) is 1.81. The Morgan fingerprint density at radius 2 is 1.87 bits per heavy atom. The maximum absolute atomic E-state index is 13.0. The van der Waals surface area contributed by atoms with Gasteiger partial charge in [-0.05, 0) is 42.3 Å². The molecule has 31 heavy (non-hydrogen) atoms. The SMILES string of the molecule is COc1ccc(CN(C(=O)CCC(=O)Nc2cccc(C)c2)c2nccs2)cc1OC. The number of thiazole rings is 1. The van der Waals surface area contributed by atoms with Crippen LogP contribution >= 0.6 is 11.3 Å². The van der Waals surface area contributed by atoms with E-state index in [2.05, 4.69) is 10.3 Å². The molecule has 0 aliphatic heterocycles. The van der Waals surface area contributed by atoms with E-state index >= 15 is 0 Å². The van der Waals surface area contributed by atoms with Gasteiger partial charge in [0.1, 0.15) is 0 Å². The topological polar surface area (TPSA) is 80.8 Å². The van der Waals surface area contributed by atoms with E-state index in [0.717, 1.165) is 16.8 Å². The Hall–Kier alpha value is -3.39. The number of carbonyl (C=O) groups excluding carboxylic acids is 2. The van der Waals surface area contributed by atoms with E-state index < -0.39 is 0 Å². The number of carbonyl (C=O) groups is 2. The molecule has 0 radical (unpaired) electrons. The molecule has 3 rings (SSSR count). The molecule has 1 aromatic heterocycles. The molecular formula is C23H25N3O4S. The number of hydrogen-bond acceptors (Lipinski definition) is 6. The standard InChI is InChI=1S/C23H25N3O4S/c1-16-5-4-6-18(13-16)25-21(27)9-10-22(28)26(23-24-11-12-31-23)15-17-7-8-19(29-2)20(14-17)30-3/h4-8,11-14H,9-10,15H2,1-3H3,(H,25,27). The molecule has 1 N–H and O–H groups in total. The highest BCUT2D eigenvalue weighted by Crippen LogP contribution is 2.29. The fourth-order valence-corrected chi connectivity index (χ4v) is 3.73. The summed E-state index contributed by atoms with van der Waals surface area (Å²) in [5.41, 5.74) is 2.64. The summed E-state index contributed by atoms with van der Waals surface area (Å²) < 4.78 is 10.6. The average Bonchev–Trinajstić information content (AvgIpc) is 3.30.